The van der Waals surface area contributed by atoms with E-state index in [1.54, 1.807) is 0 Å². The molecule has 0 aromatic heterocycles. The summed E-state index contributed by atoms with van der Waals surface area (Å²) < 4.78 is 5.51. The first-order valence-electron chi connectivity index (χ1n) is 9.52. The van der Waals surface area contributed by atoms with E-state index < -0.39 is 0 Å². The number of benzene rings is 1. The third kappa shape index (κ3) is 3.77. The highest BCUT2D eigenvalue weighted by Crippen LogP contribution is 2.42. The average Bonchev–Trinajstić information content (AvgIpc) is 2.60. The first-order chi connectivity index (χ1) is 12.8. The third-order valence-corrected chi connectivity index (χ3v) is 5.08. The Labute approximate surface area is 161 Å². The Hall–Kier alpha value is -2.56. The zero-order chi connectivity index (χ0) is 19.7. The summed E-state index contributed by atoms with van der Waals surface area (Å²) in [6.07, 6.45) is 1.98. The number of rotatable bonds is 4. The van der Waals surface area contributed by atoms with Crippen LogP contribution in [-0.4, -0.2) is 32.0 Å². The van der Waals surface area contributed by atoms with Crippen LogP contribution in [0.2, 0.25) is 0 Å². The number of dihydropyridines is 1. The predicted molar refractivity (Wildman–Crippen MR) is 106 cm³/mol. The monoisotopic (exact) mass is 368 g/mol. The van der Waals surface area contributed by atoms with Crippen molar-refractivity contribution < 1.29 is 14.3 Å². The van der Waals surface area contributed by atoms with E-state index in [0.717, 1.165) is 41.1 Å². The molecule has 1 aliphatic heterocycles. The molecule has 5 heteroatoms. The Bertz CT molecular complexity index is 816. The molecule has 0 bridgehead atoms. The van der Waals surface area contributed by atoms with Crippen molar-refractivity contribution in [3.63, 3.8) is 0 Å². The van der Waals surface area contributed by atoms with Crippen molar-refractivity contribution >= 4 is 17.4 Å². The van der Waals surface area contributed by atoms with Crippen LogP contribution in [0.5, 0.6) is 0 Å². The van der Waals surface area contributed by atoms with Crippen molar-refractivity contribution in [1.82, 2.24) is 5.32 Å². The highest BCUT2D eigenvalue weighted by molar-refractivity contribution is 6.03. The van der Waals surface area contributed by atoms with Gasteiger partial charge in [-0.3, -0.25) is 4.79 Å². The van der Waals surface area contributed by atoms with Crippen molar-refractivity contribution in [2.45, 2.75) is 52.1 Å². The van der Waals surface area contributed by atoms with Crippen LogP contribution in [0.15, 0.2) is 46.8 Å². The number of anilines is 1. The number of ether oxygens (including phenoxy) is 1. The Morgan fingerprint density at radius 3 is 2.44 bits per heavy atom. The second kappa shape index (κ2) is 7.59. The Kier molecular flexibility index (Phi) is 5.40. The second-order valence-electron chi connectivity index (χ2n) is 7.71. The zero-order valence-electron chi connectivity index (χ0n) is 16.8. The Morgan fingerprint density at radius 2 is 1.85 bits per heavy atom. The maximum Gasteiger partial charge on any atom is 0.337 e. The van der Waals surface area contributed by atoms with E-state index in [4.69, 9.17) is 4.74 Å². The maximum absolute atomic E-state index is 12.9. The number of esters is 1. The number of carbonyl (C=O) groups is 2. The van der Waals surface area contributed by atoms with E-state index in [-0.39, 0.29) is 23.8 Å². The molecule has 1 aromatic carbocycles. The summed E-state index contributed by atoms with van der Waals surface area (Å²) in [7, 11) is 3.97. The summed E-state index contributed by atoms with van der Waals surface area (Å²) in [6.45, 7) is 5.56. The van der Waals surface area contributed by atoms with Gasteiger partial charge in [0.1, 0.15) is 0 Å². The highest BCUT2D eigenvalue weighted by Gasteiger charge is 2.39. The fourth-order valence-electron chi connectivity index (χ4n) is 3.83. The molecule has 1 aliphatic carbocycles. The van der Waals surface area contributed by atoms with Crippen LogP contribution in [0.3, 0.4) is 0 Å². The van der Waals surface area contributed by atoms with Gasteiger partial charge < -0.3 is 15.0 Å². The number of nitrogens with zero attached hydrogens (tertiary/aromatic N) is 1. The topological polar surface area (TPSA) is 58.6 Å². The van der Waals surface area contributed by atoms with Gasteiger partial charge >= 0.3 is 5.97 Å². The summed E-state index contributed by atoms with van der Waals surface area (Å²) in [5.41, 5.74) is 5.00. The molecule has 1 aromatic rings. The van der Waals surface area contributed by atoms with Crippen LogP contribution in [0, 0.1) is 0 Å². The summed E-state index contributed by atoms with van der Waals surface area (Å²) in [5, 5.41) is 3.31. The molecule has 0 amide bonds. The highest BCUT2D eigenvalue weighted by atomic mass is 16.5. The van der Waals surface area contributed by atoms with Crippen molar-refractivity contribution in [2.24, 2.45) is 0 Å². The molecule has 0 unspecified atom stereocenters. The van der Waals surface area contributed by atoms with Gasteiger partial charge in [0.25, 0.3) is 0 Å². The molecular weight excluding hydrogens is 340 g/mol. The van der Waals surface area contributed by atoms with E-state index >= 15 is 0 Å². The largest absolute Gasteiger partial charge is 0.460 e. The minimum Gasteiger partial charge on any atom is -0.460 e. The van der Waals surface area contributed by atoms with Gasteiger partial charge in [-0.2, -0.15) is 0 Å². The van der Waals surface area contributed by atoms with Crippen molar-refractivity contribution in [1.29, 1.82) is 0 Å². The lowest BCUT2D eigenvalue weighted by Gasteiger charge is -2.34. The number of ketones is 1. The number of carbonyl (C=O) groups excluding carboxylic acids is 2. The van der Waals surface area contributed by atoms with Gasteiger partial charge in [-0.05, 0) is 51.3 Å². The fraction of sp³-hybridized carbons (Fsp3) is 0.455. The zero-order valence-corrected chi connectivity index (χ0v) is 16.8. The molecule has 27 heavy (non-hydrogen) atoms. The lowest BCUT2D eigenvalue weighted by Crippen LogP contribution is -2.34. The maximum atomic E-state index is 12.9. The predicted octanol–water partition coefficient (Wildman–Crippen LogP) is 3.67. The van der Waals surface area contributed by atoms with Gasteiger partial charge in [-0.15, -0.1) is 0 Å². The van der Waals surface area contributed by atoms with Gasteiger partial charge in [0.05, 0.1) is 11.7 Å². The number of hydrogen-bond donors (Lipinski definition) is 1. The van der Waals surface area contributed by atoms with Crippen LogP contribution < -0.4 is 10.2 Å². The second-order valence-corrected chi connectivity index (χ2v) is 7.71. The van der Waals surface area contributed by atoms with Gasteiger partial charge in [0.2, 0.25) is 0 Å². The first kappa shape index (κ1) is 19.2. The molecule has 1 atom stereocenters. The molecule has 1 N–H and O–H groups in total. The summed E-state index contributed by atoms with van der Waals surface area (Å²) in [5.74, 6) is -0.620. The summed E-state index contributed by atoms with van der Waals surface area (Å²) in [6, 6.07) is 8.05. The minimum absolute atomic E-state index is 0.118. The van der Waals surface area contributed by atoms with Crippen molar-refractivity contribution in [3.8, 4) is 0 Å². The van der Waals surface area contributed by atoms with Crippen LogP contribution in [0.1, 0.15) is 51.5 Å². The lowest BCUT2D eigenvalue weighted by atomic mass is 9.75. The molecule has 0 saturated carbocycles. The lowest BCUT2D eigenvalue weighted by molar-refractivity contribution is -0.143. The molecule has 2 aliphatic rings. The van der Waals surface area contributed by atoms with E-state index in [1.807, 2.05) is 64.0 Å². The molecule has 0 radical (unpaired) electrons. The number of allylic oxidation sites excluding steroid dienone is 3. The Morgan fingerprint density at radius 1 is 1.19 bits per heavy atom. The fourth-order valence-corrected chi connectivity index (χ4v) is 3.83. The standard InChI is InChI=1S/C22H28N2O3/c1-13(2)27-22(26)19-14(3)23-17-7-6-8-18(25)21(17)20(19)15-9-11-16(12-10-15)24(4)5/h9-13,20,23H,6-8H2,1-5H3/t20-/m1/s1. The van der Waals surface area contributed by atoms with Crippen molar-refractivity contribution in [2.75, 3.05) is 19.0 Å². The van der Waals surface area contributed by atoms with Crippen molar-refractivity contribution in [3.05, 3.63) is 52.4 Å². The van der Waals surface area contributed by atoms with Crippen LogP contribution in [0.4, 0.5) is 5.69 Å². The van der Waals surface area contributed by atoms with E-state index in [9.17, 15) is 9.59 Å². The molecule has 1 heterocycles. The van der Waals surface area contributed by atoms with Gasteiger partial charge in [0.15, 0.2) is 5.78 Å². The van der Waals surface area contributed by atoms with Crippen LogP contribution in [0.25, 0.3) is 0 Å². The molecule has 0 spiro atoms. The number of Topliss-reactive ketones (excluding diaryl/α,β-unsaturated/α-hetero) is 1. The summed E-state index contributed by atoms with van der Waals surface area (Å²) >= 11 is 0. The molecule has 0 saturated heterocycles. The van der Waals surface area contributed by atoms with Gasteiger partial charge in [-0.1, -0.05) is 12.1 Å². The third-order valence-electron chi connectivity index (χ3n) is 5.08. The van der Waals surface area contributed by atoms with Gasteiger partial charge in [-0.25, -0.2) is 4.79 Å². The van der Waals surface area contributed by atoms with E-state index in [0.29, 0.717) is 12.0 Å². The quantitative estimate of drug-likeness (QED) is 0.822. The average molecular weight is 368 g/mol. The molecular formula is C22H28N2O3. The molecule has 0 fully saturated rings. The van der Waals surface area contributed by atoms with Crippen LogP contribution >= 0.6 is 0 Å². The SMILES string of the molecule is CC1=C(C(=O)OC(C)C)[C@@H](c2ccc(N(C)C)cc2)C2=C(CCCC2=O)N1. The Balaban J connectivity index is 2.11. The summed E-state index contributed by atoms with van der Waals surface area (Å²) in [4.78, 5) is 27.7. The smallest absolute Gasteiger partial charge is 0.337 e. The normalized spacial score (nSPS) is 19.8. The van der Waals surface area contributed by atoms with E-state index in [1.165, 1.54) is 0 Å². The van der Waals surface area contributed by atoms with Gasteiger partial charge in [0, 0.05) is 49.1 Å². The molecule has 144 valence electrons. The minimum atomic E-state index is -0.378. The molecule has 3 rings (SSSR count). The number of nitrogens with one attached hydrogen (secondary N) is 1. The van der Waals surface area contributed by atoms with E-state index in [2.05, 4.69) is 5.32 Å². The molecule has 5 nitrogen and oxygen atoms in total. The first-order valence-corrected chi connectivity index (χ1v) is 9.52. The van der Waals surface area contributed by atoms with Crippen LogP contribution in [-0.2, 0) is 14.3 Å². The number of hydrogen-bond acceptors (Lipinski definition) is 5.